The Morgan fingerprint density at radius 2 is 1.90 bits per heavy atom. The van der Waals surface area contributed by atoms with Crippen molar-refractivity contribution >= 4 is 5.78 Å². The number of ketones is 1. The molecular formula is C18H17NO2. The van der Waals surface area contributed by atoms with Crippen LogP contribution in [0.1, 0.15) is 33.0 Å². The Morgan fingerprint density at radius 3 is 2.57 bits per heavy atom. The van der Waals surface area contributed by atoms with Crippen molar-refractivity contribution in [3.8, 4) is 11.8 Å². The predicted octanol–water partition coefficient (Wildman–Crippen LogP) is 3.80. The quantitative estimate of drug-likeness (QED) is 0.800. The highest BCUT2D eigenvalue weighted by Gasteiger charge is 2.23. The van der Waals surface area contributed by atoms with Gasteiger partial charge in [0.1, 0.15) is 11.7 Å². The minimum Gasteiger partial charge on any atom is -0.497 e. The number of ether oxygens (including phenoxy) is 1. The second-order valence-electron chi connectivity index (χ2n) is 4.95. The van der Waals surface area contributed by atoms with E-state index >= 15 is 0 Å². The summed E-state index contributed by atoms with van der Waals surface area (Å²) < 4.78 is 5.16. The molecule has 2 aromatic rings. The van der Waals surface area contributed by atoms with Crippen molar-refractivity contribution in [2.75, 3.05) is 7.11 Å². The summed E-state index contributed by atoms with van der Waals surface area (Å²) in [5.41, 5.74) is 3.22. The fraction of sp³-hybridized carbons (Fsp3) is 0.222. The number of carbonyl (C=O) groups excluding carboxylic acids is 1. The number of carbonyl (C=O) groups is 1. The number of nitrogens with zero attached hydrogens (tertiary/aromatic N) is 1. The van der Waals surface area contributed by atoms with E-state index < -0.39 is 5.92 Å². The van der Waals surface area contributed by atoms with Gasteiger partial charge in [0.15, 0.2) is 5.78 Å². The molecule has 2 rings (SSSR count). The largest absolute Gasteiger partial charge is 0.497 e. The van der Waals surface area contributed by atoms with Crippen molar-refractivity contribution in [1.29, 1.82) is 5.26 Å². The first-order valence-corrected chi connectivity index (χ1v) is 6.72. The predicted molar refractivity (Wildman–Crippen MR) is 81.6 cm³/mol. The van der Waals surface area contributed by atoms with Gasteiger partial charge >= 0.3 is 0 Å². The van der Waals surface area contributed by atoms with Crippen LogP contribution in [0.3, 0.4) is 0 Å². The van der Waals surface area contributed by atoms with Crippen LogP contribution in [0.15, 0.2) is 42.5 Å². The highest BCUT2D eigenvalue weighted by molar-refractivity contribution is 6.04. The molecule has 106 valence electrons. The molecule has 0 saturated carbocycles. The molecule has 0 aliphatic carbocycles. The summed E-state index contributed by atoms with van der Waals surface area (Å²) in [5, 5.41) is 9.42. The fourth-order valence-electron chi connectivity index (χ4n) is 2.28. The zero-order chi connectivity index (χ0) is 15.4. The van der Waals surface area contributed by atoms with Crippen molar-refractivity contribution in [2.45, 2.75) is 19.8 Å². The summed E-state index contributed by atoms with van der Waals surface area (Å²) in [5.74, 6) is -0.353. The van der Waals surface area contributed by atoms with Crippen LogP contribution >= 0.6 is 0 Å². The van der Waals surface area contributed by atoms with Gasteiger partial charge in [0.2, 0.25) is 0 Å². The highest BCUT2D eigenvalue weighted by atomic mass is 16.5. The second kappa shape index (κ2) is 6.23. The Kier molecular flexibility index (Phi) is 4.39. The number of hydrogen-bond donors (Lipinski definition) is 0. The molecule has 0 amide bonds. The van der Waals surface area contributed by atoms with Crippen molar-refractivity contribution in [2.24, 2.45) is 0 Å². The topological polar surface area (TPSA) is 50.1 Å². The van der Waals surface area contributed by atoms with Crippen LogP contribution < -0.4 is 4.74 Å². The van der Waals surface area contributed by atoms with Crippen molar-refractivity contribution in [3.05, 3.63) is 64.7 Å². The summed E-state index contributed by atoms with van der Waals surface area (Å²) in [6.45, 7) is 3.86. The van der Waals surface area contributed by atoms with Crippen LogP contribution in [-0.4, -0.2) is 12.9 Å². The van der Waals surface area contributed by atoms with Crippen LogP contribution in [-0.2, 0) is 0 Å². The van der Waals surface area contributed by atoms with Crippen LogP contribution in [0.4, 0.5) is 0 Å². The van der Waals surface area contributed by atoms with Gasteiger partial charge in [0.25, 0.3) is 0 Å². The maximum atomic E-state index is 12.7. The highest BCUT2D eigenvalue weighted by Crippen LogP contribution is 2.26. The molecule has 0 aliphatic rings. The zero-order valence-corrected chi connectivity index (χ0v) is 12.4. The number of rotatable bonds is 4. The van der Waals surface area contributed by atoms with Gasteiger partial charge < -0.3 is 4.74 Å². The number of aryl methyl sites for hydroxylation is 1. The molecule has 0 spiro atoms. The minimum atomic E-state index is -0.819. The molecule has 3 nitrogen and oxygen atoms in total. The van der Waals surface area contributed by atoms with Gasteiger partial charge in [-0.2, -0.15) is 5.26 Å². The third-order valence-corrected chi connectivity index (χ3v) is 3.69. The van der Waals surface area contributed by atoms with Gasteiger partial charge in [0.05, 0.1) is 13.2 Å². The van der Waals surface area contributed by atoms with E-state index in [-0.39, 0.29) is 5.78 Å². The van der Waals surface area contributed by atoms with E-state index in [2.05, 4.69) is 6.07 Å². The Labute approximate surface area is 124 Å². The summed E-state index contributed by atoms with van der Waals surface area (Å²) >= 11 is 0. The number of nitriles is 1. The molecule has 0 aromatic heterocycles. The molecule has 1 atom stereocenters. The second-order valence-corrected chi connectivity index (χ2v) is 4.95. The Morgan fingerprint density at radius 1 is 1.19 bits per heavy atom. The minimum absolute atomic E-state index is 0.174. The molecule has 3 heteroatoms. The van der Waals surface area contributed by atoms with Gasteiger partial charge in [-0.25, -0.2) is 0 Å². The average molecular weight is 279 g/mol. The number of methoxy groups -OCH3 is 1. The molecule has 0 bridgehead atoms. The Bertz CT molecular complexity index is 713. The Balaban J connectivity index is 2.44. The van der Waals surface area contributed by atoms with Crippen molar-refractivity contribution in [3.63, 3.8) is 0 Å². The third-order valence-electron chi connectivity index (χ3n) is 3.69. The summed E-state index contributed by atoms with van der Waals surface area (Å²) in [6, 6.07) is 14.8. The van der Waals surface area contributed by atoms with Gasteiger partial charge in [0, 0.05) is 5.56 Å². The van der Waals surface area contributed by atoms with E-state index in [1.165, 1.54) is 0 Å². The van der Waals surface area contributed by atoms with Crippen molar-refractivity contribution in [1.82, 2.24) is 0 Å². The molecule has 0 heterocycles. The summed E-state index contributed by atoms with van der Waals surface area (Å²) in [4.78, 5) is 12.7. The summed E-state index contributed by atoms with van der Waals surface area (Å²) in [7, 11) is 1.56. The first-order chi connectivity index (χ1) is 10.1. The third kappa shape index (κ3) is 2.95. The van der Waals surface area contributed by atoms with Gasteiger partial charge in [-0.15, -0.1) is 0 Å². The monoisotopic (exact) mass is 279 g/mol. The van der Waals surface area contributed by atoms with E-state index in [4.69, 9.17) is 4.74 Å². The smallest absolute Gasteiger partial charge is 0.184 e. The lowest BCUT2D eigenvalue weighted by atomic mass is 9.88. The van der Waals surface area contributed by atoms with Crippen LogP contribution in [0.2, 0.25) is 0 Å². The number of benzene rings is 2. The van der Waals surface area contributed by atoms with E-state index in [1.54, 1.807) is 37.4 Å². The molecule has 0 N–H and O–H groups in total. The van der Waals surface area contributed by atoms with Gasteiger partial charge in [-0.1, -0.05) is 30.3 Å². The molecule has 1 unspecified atom stereocenters. The lowest BCUT2D eigenvalue weighted by Crippen LogP contribution is -2.13. The zero-order valence-electron chi connectivity index (χ0n) is 12.4. The maximum Gasteiger partial charge on any atom is 0.184 e. The number of Topliss-reactive ketones (excluding diaryl/α,β-unsaturated/α-hetero) is 1. The normalized spacial score (nSPS) is 11.5. The van der Waals surface area contributed by atoms with Crippen molar-refractivity contribution < 1.29 is 9.53 Å². The average Bonchev–Trinajstić information content (AvgIpc) is 2.51. The van der Waals surface area contributed by atoms with Gasteiger partial charge in [-0.3, -0.25) is 4.79 Å². The first kappa shape index (κ1) is 14.8. The molecule has 0 saturated heterocycles. The standard InChI is InChI=1S/C18H17NO2/c1-12-6-4-9-16(13(12)2)18(20)17(11-19)14-7-5-8-15(10-14)21-3/h4-10,17H,1-3H3. The maximum absolute atomic E-state index is 12.7. The summed E-state index contributed by atoms with van der Waals surface area (Å²) in [6.07, 6.45) is 0. The Hall–Kier alpha value is -2.60. The van der Waals surface area contributed by atoms with E-state index in [0.717, 1.165) is 11.1 Å². The number of hydrogen-bond acceptors (Lipinski definition) is 3. The SMILES string of the molecule is COc1cccc(C(C#N)C(=O)c2cccc(C)c2C)c1. The van der Waals surface area contributed by atoms with E-state index in [0.29, 0.717) is 16.9 Å². The molecule has 0 fully saturated rings. The van der Waals surface area contributed by atoms with Gasteiger partial charge in [-0.05, 0) is 42.7 Å². The first-order valence-electron chi connectivity index (χ1n) is 6.72. The molecular weight excluding hydrogens is 262 g/mol. The van der Waals surface area contributed by atoms with E-state index in [9.17, 15) is 10.1 Å². The van der Waals surface area contributed by atoms with Crippen LogP contribution in [0.25, 0.3) is 0 Å². The molecule has 2 aromatic carbocycles. The van der Waals surface area contributed by atoms with E-state index in [1.807, 2.05) is 26.0 Å². The van der Waals surface area contributed by atoms with Crippen LogP contribution in [0, 0.1) is 25.2 Å². The van der Waals surface area contributed by atoms with Crippen LogP contribution in [0.5, 0.6) is 5.75 Å². The molecule has 21 heavy (non-hydrogen) atoms. The molecule has 0 radical (unpaired) electrons. The molecule has 0 aliphatic heterocycles. The fourth-order valence-corrected chi connectivity index (χ4v) is 2.28. The lowest BCUT2D eigenvalue weighted by Gasteiger charge is -2.13. The lowest BCUT2D eigenvalue weighted by molar-refractivity contribution is 0.0978.